The Labute approximate surface area is 139 Å². The van der Waals surface area contributed by atoms with E-state index in [0.29, 0.717) is 29.4 Å². The van der Waals surface area contributed by atoms with Crippen molar-refractivity contribution in [2.45, 2.75) is 70.8 Å². The third-order valence-corrected chi connectivity index (χ3v) is 7.92. The lowest BCUT2D eigenvalue weighted by Crippen LogP contribution is -2.52. The van der Waals surface area contributed by atoms with Gasteiger partial charge in [-0.15, -0.1) is 0 Å². The van der Waals surface area contributed by atoms with Crippen LogP contribution < -0.4 is 0 Å². The maximum Gasteiger partial charge on any atom is 0.115 e. The first-order chi connectivity index (χ1) is 10.9. The van der Waals surface area contributed by atoms with Gasteiger partial charge in [-0.25, -0.2) is 0 Å². The van der Waals surface area contributed by atoms with Crippen LogP contribution in [0, 0.1) is 23.2 Å². The molecule has 3 aliphatic carbocycles. The molecule has 0 amide bonds. The fraction of sp³-hybridized carbons (Fsp3) is 0.714. The lowest BCUT2D eigenvalue weighted by Gasteiger charge is -2.56. The maximum atomic E-state index is 11.1. The fourth-order valence-electron chi connectivity index (χ4n) is 6.49. The van der Waals surface area contributed by atoms with E-state index < -0.39 is 5.60 Å². The second kappa shape index (κ2) is 4.99. The van der Waals surface area contributed by atoms with E-state index in [2.05, 4.69) is 26.8 Å². The van der Waals surface area contributed by atoms with Crippen molar-refractivity contribution in [3.8, 4) is 5.75 Å². The lowest BCUT2D eigenvalue weighted by atomic mass is 9.48. The molecule has 2 heteroatoms. The zero-order chi connectivity index (χ0) is 16.4. The highest BCUT2D eigenvalue weighted by atomic mass is 16.3. The summed E-state index contributed by atoms with van der Waals surface area (Å²) in [6, 6.07) is 6.03. The largest absolute Gasteiger partial charge is 0.508 e. The third kappa shape index (κ3) is 2.03. The Morgan fingerprint density at radius 1 is 1.22 bits per heavy atom. The van der Waals surface area contributed by atoms with E-state index >= 15 is 0 Å². The first kappa shape index (κ1) is 15.5. The molecule has 2 nitrogen and oxygen atoms in total. The van der Waals surface area contributed by atoms with Crippen molar-refractivity contribution in [3.63, 3.8) is 0 Å². The second-order valence-corrected chi connectivity index (χ2v) is 8.82. The first-order valence-electron chi connectivity index (χ1n) is 9.41. The minimum Gasteiger partial charge on any atom is -0.508 e. The number of aryl methyl sites for hydroxylation is 1. The molecule has 6 atom stereocenters. The molecule has 126 valence electrons. The van der Waals surface area contributed by atoms with E-state index in [-0.39, 0.29) is 5.41 Å². The van der Waals surface area contributed by atoms with Gasteiger partial charge < -0.3 is 10.2 Å². The molecule has 0 unspecified atom stereocenters. The monoisotopic (exact) mass is 313 g/mol. The van der Waals surface area contributed by atoms with E-state index in [1.54, 1.807) is 0 Å². The summed E-state index contributed by atoms with van der Waals surface area (Å²) in [6.07, 6.45) is 6.75. The molecule has 0 spiro atoms. The molecule has 2 N–H and O–H groups in total. The highest BCUT2D eigenvalue weighted by molar-refractivity contribution is 5.40. The Hall–Kier alpha value is -1.02. The van der Waals surface area contributed by atoms with Crippen LogP contribution in [-0.4, -0.2) is 15.8 Å². The van der Waals surface area contributed by atoms with Gasteiger partial charge in [0.25, 0.3) is 0 Å². The van der Waals surface area contributed by atoms with Gasteiger partial charge in [-0.3, -0.25) is 0 Å². The molecule has 1 aromatic carbocycles. The number of fused-ring (bicyclic) bond motifs is 5. The number of aromatic hydroxyl groups is 1. The molecule has 0 bridgehead atoms. The highest BCUT2D eigenvalue weighted by Crippen LogP contribution is 2.66. The van der Waals surface area contributed by atoms with Gasteiger partial charge in [0.2, 0.25) is 0 Å². The average molecular weight is 313 g/mol. The van der Waals surface area contributed by atoms with Crippen molar-refractivity contribution in [1.82, 2.24) is 0 Å². The molecule has 4 rings (SSSR count). The van der Waals surface area contributed by atoms with Gasteiger partial charge in [-0.1, -0.05) is 26.3 Å². The minimum atomic E-state index is -0.509. The van der Waals surface area contributed by atoms with Gasteiger partial charge in [0.15, 0.2) is 0 Å². The Morgan fingerprint density at radius 2 is 2.00 bits per heavy atom. The molecule has 0 radical (unpaired) electrons. The number of hydrogen-bond donors (Lipinski definition) is 2. The summed E-state index contributed by atoms with van der Waals surface area (Å²) in [5, 5.41) is 20.9. The van der Waals surface area contributed by atoms with E-state index in [9.17, 15) is 10.2 Å². The summed E-state index contributed by atoms with van der Waals surface area (Å²) in [5.74, 6) is 3.02. The molecular formula is C21H30O2. The SMILES string of the molecule is CC[C@H]1C[C@@]2(C)[C@@H](CC[C@]2([11CH3])O)[C@@H]2CCc3cc(O)ccc3[C@@H]12. The van der Waals surface area contributed by atoms with Gasteiger partial charge >= 0.3 is 0 Å². The standard InChI is InChI=1S/C21H30O2/c1-4-13-12-20(2)18(9-10-21(20,3)23)17-7-5-14-11-15(22)6-8-16(14)19(13)17/h6,8,11,13,17-19,22-23H,4-5,7,9-10,12H2,1-3H3/t13-,17-,18-,19+,20-,21-/m0/s1/i3-1. The van der Waals surface area contributed by atoms with Crippen LogP contribution in [0.25, 0.3) is 0 Å². The molecule has 0 saturated heterocycles. The first-order valence-corrected chi connectivity index (χ1v) is 9.41. The van der Waals surface area contributed by atoms with Crippen LogP contribution in [0.5, 0.6) is 5.75 Å². The number of hydrogen-bond acceptors (Lipinski definition) is 2. The van der Waals surface area contributed by atoms with Crippen molar-refractivity contribution >= 4 is 0 Å². The number of aliphatic hydroxyl groups is 1. The second-order valence-electron chi connectivity index (χ2n) is 8.82. The van der Waals surface area contributed by atoms with Crippen molar-refractivity contribution < 1.29 is 10.2 Å². The van der Waals surface area contributed by atoms with Crippen molar-refractivity contribution in [1.29, 1.82) is 0 Å². The predicted octanol–water partition coefficient (Wildman–Crippen LogP) is 4.64. The summed E-state index contributed by atoms with van der Waals surface area (Å²) in [5.41, 5.74) is 2.41. The molecule has 0 aliphatic heterocycles. The topological polar surface area (TPSA) is 40.5 Å². The highest BCUT2D eigenvalue weighted by Gasteiger charge is 2.61. The normalized spacial score (nSPS) is 45.2. The summed E-state index contributed by atoms with van der Waals surface area (Å²) >= 11 is 0. The summed E-state index contributed by atoms with van der Waals surface area (Å²) in [7, 11) is 0. The quantitative estimate of drug-likeness (QED) is 0.793. The number of phenols is 1. The van der Waals surface area contributed by atoms with Crippen LogP contribution >= 0.6 is 0 Å². The zero-order valence-corrected chi connectivity index (χ0v) is 14.7. The van der Waals surface area contributed by atoms with Gasteiger partial charge in [0, 0.05) is 0 Å². The van der Waals surface area contributed by atoms with E-state index in [0.717, 1.165) is 19.3 Å². The number of benzene rings is 1. The third-order valence-electron chi connectivity index (χ3n) is 7.92. The maximum absolute atomic E-state index is 11.1. The van der Waals surface area contributed by atoms with Crippen molar-refractivity contribution in [2.24, 2.45) is 23.2 Å². The van der Waals surface area contributed by atoms with Gasteiger partial charge in [0.1, 0.15) is 5.75 Å². The molecule has 1 aromatic rings. The van der Waals surface area contributed by atoms with Crippen molar-refractivity contribution in [3.05, 3.63) is 29.3 Å². The average Bonchev–Trinajstić information content (AvgIpc) is 2.76. The summed E-state index contributed by atoms with van der Waals surface area (Å²) in [6.45, 7) is 6.74. The Balaban J connectivity index is 1.79. The molecule has 2 fully saturated rings. The molecular weight excluding hydrogens is 283 g/mol. The predicted molar refractivity (Wildman–Crippen MR) is 92.5 cm³/mol. The Morgan fingerprint density at radius 3 is 2.74 bits per heavy atom. The van der Waals surface area contributed by atoms with Gasteiger partial charge in [-0.05, 0) is 91.4 Å². The minimum absolute atomic E-state index is 0.0727. The van der Waals surface area contributed by atoms with Crippen molar-refractivity contribution in [2.75, 3.05) is 0 Å². The van der Waals surface area contributed by atoms with Gasteiger partial charge in [0.05, 0.1) is 5.60 Å². The Kier molecular flexibility index (Phi) is 3.36. The number of phenolic OH excluding ortho intramolecular Hbond substituents is 1. The van der Waals surface area contributed by atoms with Crippen LogP contribution in [0.2, 0.25) is 0 Å². The molecule has 2 saturated carbocycles. The smallest absolute Gasteiger partial charge is 0.115 e. The van der Waals surface area contributed by atoms with Crippen LogP contribution in [-0.2, 0) is 6.42 Å². The van der Waals surface area contributed by atoms with E-state index in [1.165, 1.54) is 30.4 Å². The molecule has 0 aromatic heterocycles. The molecule has 23 heavy (non-hydrogen) atoms. The van der Waals surface area contributed by atoms with Crippen LogP contribution in [0.15, 0.2) is 18.2 Å². The molecule has 3 aliphatic rings. The van der Waals surface area contributed by atoms with E-state index in [1.807, 2.05) is 12.1 Å². The van der Waals surface area contributed by atoms with E-state index in [4.69, 9.17) is 0 Å². The fourth-order valence-corrected chi connectivity index (χ4v) is 6.49. The van der Waals surface area contributed by atoms with Gasteiger partial charge in [-0.2, -0.15) is 0 Å². The Bertz CT molecular complexity index is 620. The summed E-state index contributed by atoms with van der Waals surface area (Å²) < 4.78 is 0. The summed E-state index contributed by atoms with van der Waals surface area (Å²) in [4.78, 5) is 0. The molecule has 0 heterocycles. The zero-order valence-electron chi connectivity index (χ0n) is 14.7. The number of rotatable bonds is 1. The van der Waals surface area contributed by atoms with Crippen LogP contribution in [0.4, 0.5) is 0 Å². The van der Waals surface area contributed by atoms with Crippen LogP contribution in [0.3, 0.4) is 0 Å². The van der Waals surface area contributed by atoms with Crippen LogP contribution in [0.1, 0.15) is 69.9 Å². The lowest BCUT2D eigenvalue weighted by molar-refractivity contribution is -0.107.